The number of carbonyl (C=O) groups excluding carboxylic acids is 1. The Morgan fingerprint density at radius 2 is 2.10 bits per heavy atom. The summed E-state index contributed by atoms with van der Waals surface area (Å²) in [5.41, 5.74) is 0.683. The van der Waals surface area contributed by atoms with Crippen molar-refractivity contribution < 1.29 is 9.18 Å². The number of halogens is 1. The lowest BCUT2D eigenvalue weighted by Gasteiger charge is -2.39. The molecule has 1 aromatic carbocycles. The Morgan fingerprint density at radius 1 is 1.40 bits per heavy atom. The number of likely N-dealkylation sites (tertiary alicyclic amines) is 1. The largest absolute Gasteiger partial charge is 0.325 e. The predicted molar refractivity (Wildman–Crippen MR) is 78.2 cm³/mol. The summed E-state index contributed by atoms with van der Waals surface area (Å²) in [7, 11) is 1.98. The smallest absolute Gasteiger partial charge is 0.238 e. The zero-order valence-corrected chi connectivity index (χ0v) is 12.1. The molecular formula is C15H22FN3O. The molecule has 1 aromatic rings. The van der Waals surface area contributed by atoms with E-state index >= 15 is 0 Å². The maximum absolute atomic E-state index is 13.0. The van der Waals surface area contributed by atoms with Crippen molar-refractivity contribution in [3.8, 4) is 0 Å². The second-order valence-electron chi connectivity index (χ2n) is 5.65. The number of anilines is 1. The molecule has 0 aliphatic carbocycles. The third kappa shape index (κ3) is 4.02. The molecule has 4 nitrogen and oxygen atoms in total. The molecule has 0 aromatic heterocycles. The lowest BCUT2D eigenvalue weighted by molar-refractivity contribution is -0.117. The van der Waals surface area contributed by atoms with Crippen LogP contribution in [0.4, 0.5) is 10.1 Å². The number of piperidine rings is 1. The van der Waals surface area contributed by atoms with Gasteiger partial charge in [-0.3, -0.25) is 9.69 Å². The highest BCUT2D eigenvalue weighted by Crippen LogP contribution is 2.20. The summed E-state index contributed by atoms with van der Waals surface area (Å²) in [5.74, 6) is -0.436. The van der Waals surface area contributed by atoms with Crippen molar-refractivity contribution in [2.75, 3.05) is 32.0 Å². The van der Waals surface area contributed by atoms with E-state index in [-0.39, 0.29) is 17.3 Å². The minimum Gasteiger partial charge on any atom is -0.325 e. The predicted octanol–water partition coefficient (Wildman–Crippen LogP) is 1.84. The van der Waals surface area contributed by atoms with Crippen LogP contribution >= 0.6 is 0 Å². The molecule has 2 rings (SSSR count). The topological polar surface area (TPSA) is 44.4 Å². The van der Waals surface area contributed by atoms with E-state index in [1.807, 2.05) is 7.05 Å². The number of hydrogen-bond acceptors (Lipinski definition) is 3. The zero-order chi connectivity index (χ0) is 14.6. The molecule has 1 amide bonds. The van der Waals surface area contributed by atoms with Crippen LogP contribution in [0, 0.1) is 5.82 Å². The van der Waals surface area contributed by atoms with E-state index in [0.717, 1.165) is 25.9 Å². The minimum absolute atomic E-state index is 0.0938. The van der Waals surface area contributed by atoms with E-state index in [9.17, 15) is 9.18 Å². The van der Waals surface area contributed by atoms with Crippen LogP contribution in [0.5, 0.6) is 0 Å². The number of nitrogens with one attached hydrogen (secondary N) is 2. The highest BCUT2D eigenvalue weighted by molar-refractivity contribution is 5.92. The molecule has 1 aliphatic rings. The lowest BCUT2D eigenvalue weighted by Crippen LogP contribution is -2.51. The Kier molecular flexibility index (Phi) is 4.73. The zero-order valence-electron chi connectivity index (χ0n) is 12.1. The standard InChI is InChI=1S/C15H22FN3O/c1-15(17-2)6-8-19(9-7-15)11-14(20)18-13-5-3-4-12(16)10-13/h3-5,10,17H,6-9,11H2,1-2H3,(H,18,20). The number of nitrogens with zero attached hydrogens (tertiary/aromatic N) is 1. The molecule has 0 saturated carbocycles. The molecule has 1 fully saturated rings. The molecule has 0 radical (unpaired) electrons. The number of rotatable bonds is 4. The normalized spacial score (nSPS) is 18.8. The Hall–Kier alpha value is -1.46. The van der Waals surface area contributed by atoms with Gasteiger partial charge in [0, 0.05) is 24.3 Å². The molecular weight excluding hydrogens is 257 g/mol. The van der Waals surface area contributed by atoms with Gasteiger partial charge in [0.2, 0.25) is 5.91 Å². The van der Waals surface area contributed by atoms with Crippen LogP contribution in [0.1, 0.15) is 19.8 Å². The molecule has 2 N–H and O–H groups in total. The van der Waals surface area contributed by atoms with E-state index < -0.39 is 0 Å². The maximum Gasteiger partial charge on any atom is 0.238 e. The average Bonchev–Trinajstić information content (AvgIpc) is 2.42. The number of carbonyl (C=O) groups is 1. The Bertz CT molecular complexity index is 470. The summed E-state index contributed by atoms with van der Waals surface area (Å²) < 4.78 is 13.0. The maximum atomic E-state index is 13.0. The monoisotopic (exact) mass is 279 g/mol. The second kappa shape index (κ2) is 6.33. The first-order chi connectivity index (χ1) is 9.50. The molecule has 1 aliphatic heterocycles. The summed E-state index contributed by atoms with van der Waals surface area (Å²) in [6.45, 7) is 4.36. The minimum atomic E-state index is -0.342. The molecule has 1 heterocycles. The van der Waals surface area contributed by atoms with Crippen molar-refractivity contribution in [2.45, 2.75) is 25.3 Å². The SMILES string of the molecule is CNC1(C)CCN(CC(=O)Nc2cccc(F)c2)CC1. The van der Waals surface area contributed by atoms with Crippen LogP contribution in [0.15, 0.2) is 24.3 Å². The third-order valence-corrected chi connectivity index (χ3v) is 4.04. The van der Waals surface area contributed by atoms with Crippen LogP contribution in [-0.4, -0.2) is 43.0 Å². The Morgan fingerprint density at radius 3 is 2.70 bits per heavy atom. The molecule has 0 atom stereocenters. The number of amides is 1. The summed E-state index contributed by atoms with van der Waals surface area (Å²) in [5, 5.41) is 6.06. The van der Waals surface area contributed by atoms with Crippen molar-refractivity contribution in [3.05, 3.63) is 30.1 Å². The summed E-state index contributed by atoms with van der Waals surface area (Å²) in [6, 6.07) is 5.96. The number of hydrogen-bond donors (Lipinski definition) is 2. The fraction of sp³-hybridized carbons (Fsp3) is 0.533. The highest BCUT2D eigenvalue weighted by Gasteiger charge is 2.28. The van der Waals surface area contributed by atoms with Gasteiger partial charge in [0.1, 0.15) is 5.82 Å². The molecule has 0 unspecified atom stereocenters. The van der Waals surface area contributed by atoms with Gasteiger partial charge in [-0.1, -0.05) is 6.07 Å². The molecule has 0 bridgehead atoms. The van der Waals surface area contributed by atoms with Crippen LogP contribution in [0.2, 0.25) is 0 Å². The van der Waals surface area contributed by atoms with Gasteiger partial charge < -0.3 is 10.6 Å². The summed E-state index contributed by atoms with van der Waals surface area (Å²) in [4.78, 5) is 14.1. The summed E-state index contributed by atoms with van der Waals surface area (Å²) in [6.07, 6.45) is 2.05. The van der Waals surface area contributed by atoms with Gasteiger partial charge >= 0.3 is 0 Å². The fourth-order valence-electron chi connectivity index (χ4n) is 2.42. The Balaban J connectivity index is 1.81. The molecule has 110 valence electrons. The van der Waals surface area contributed by atoms with Crippen LogP contribution in [-0.2, 0) is 4.79 Å². The fourth-order valence-corrected chi connectivity index (χ4v) is 2.42. The summed E-state index contributed by atoms with van der Waals surface area (Å²) >= 11 is 0. The van der Waals surface area contributed by atoms with Gasteiger partial charge in [-0.05, 0) is 45.0 Å². The van der Waals surface area contributed by atoms with Gasteiger partial charge in [0.25, 0.3) is 0 Å². The van der Waals surface area contributed by atoms with Crippen molar-refractivity contribution >= 4 is 11.6 Å². The van der Waals surface area contributed by atoms with E-state index in [1.54, 1.807) is 12.1 Å². The molecule has 5 heteroatoms. The van der Waals surface area contributed by atoms with Gasteiger partial charge in [-0.15, -0.1) is 0 Å². The van der Waals surface area contributed by atoms with E-state index in [1.165, 1.54) is 12.1 Å². The van der Waals surface area contributed by atoms with Crippen molar-refractivity contribution in [2.24, 2.45) is 0 Å². The van der Waals surface area contributed by atoms with Crippen LogP contribution in [0.3, 0.4) is 0 Å². The average molecular weight is 279 g/mol. The van der Waals surface area contributed by atoms with Crippen LogP contribution < -0.4 is 10.6 Å². The van der Waals surface area contributed by atoms with Gasteiger partial charge in [0.15, 0.2) is 0 Å². The number of benzene rings is 1. The Labute approximate surface area is 119 Å². The van der Waals surface area contributed by atoms with Gasteiger partial charge in [0.05, 0.1) is 6.54 Å². The van der Waals surface area contributed by atoms with Gasteiger partial charge in [-0.25, -0.2) is 4.39 Å². The quantitative estimate of drug-likeness (QED) is 0.884. The van der Waals surface area contributed by atoms with Crippen molar-refractivity contribution in [1.82, 2.24) is 10.2 Å². The van der Waals surface area contributed by atoms with E-state index in [4.69, 9.17) is 0 Å². The van der Waals surface area contributed by atoms with Crippen molar-refractivity contribution in [3.63, 3.8) is 0 Å². The highest BCUT2D eigenvalue weighted by atomic mass is 19.1. The first kappa shape index (κ1) is 14.9. The van der Waals surface area contributed by atoms with Crippen molar-refractivity contribution in [1.29, 1.82) is 0 Å². The van der Waals surface area contributed by atoms with E-state index in [0.29, 0.717) is 12.2 Å². The molecule has 0 spiro atoms. The first-order valence-corrected chi connectivity index (χ1v) is 6.97. The first-order valence-electron chi connectivity index (χ1n) is 6.97. The molecule has 20 heavy (non-hydrogen) atoms. The molecule has 1 saturated heterocycles. The van der Waals surface area contributed by atoms with Gasteiger partial charge in [-0.2, -0.15) is 0 Å². The lowest BCUT2D eigenvalue weighted by atomic mass is 9.90. The van der Waals surface area contributed by atoms with E-state index in [2.05, 4.69) is 22.5 Å². The third-order valence-electron chi connectivity index (χ3n) is 4.04. The second-order valence-corrected chi connectivity index (χ2v) is 5.65. The van der Waals surface area contributed by atoms with Crippen LogP contribution in [0.25, 0.3) is 0 Å².